The van der Waals surface area contributed by atoms with E-state index in [1.807, 2.05) is 37.4 Å². The van der Waals surface area contributed by atoms with Gasteiger partial charge in [-0.25, -0.2) is 0 Å². The van der Waals surface area contributed by atoms with Crippen molar-refractivity contribution in [3.05, 3.63) is 82.2 Å². The molecule has 10 heteroatoms. The van der Waals surface area contributed by atoms with Crippen molar-refractivity contribution in [2.24, 2.45) is 0 Å². The molecule has 1 heterocycles. The summed E-state index contributed by atoms with van der Waals surface area (Å²) in [5.41, 5.74) is 2.07. The summed E-state index contributed by atoms with van der Waals surface area (Å²) >= 11 is 14.3. The van der Waals surface area contributed by atoms with Gasteiger partial charge in [-0.1, -0.05) is 53.8 Å². The molecule has 3 aromatic carbocycles. The molecule has 6 nitrogen and oxygen atoms in total. The number of hydrogen-bond donors (Lipinski definition) is 1. The van der Waals surface area contributed by atoms with E-state index in [1.165, 1.54) is 11.8 Å². The molecule has 4 rings (SSSR count). The molecule has 3 aromatic rings. The fourth-order valence-electron chi connectivity index (χ4n) is 3.50. The van der Waals surface area contributed by atoms with Gasteiger partial charge in [0.05, 0.1) is 17.2 Å². The van der Waals surface area contributed by atoms with Gasteiger partial charge < -0.3 is 14.8 Å². The summed E-state index contributed by atoms with van der Waals surface area (Å²) in [6.45, 7) is 2.05. The Kier molecular flexibility index (Phi) is 9.15. The van der Waals surface area contributed by atoms with Crippen LogP contribution in [-0.4, -0.2) is 35.6 Å². The fourth-order valence-corrected chi connectivity index (χ4v) is 5.44. The largest absolute Gasteiger partial charge is 0.490 e. The standard InChI is InChI=1S/C27H23ClN2O4S3/c1-3-33-23-12-17(10-11-22(23)34-16-25(31)29-19-7-4-6-18(28)14-19)13-24-26(32)30(27(35)37-24)20-8-5-9-21(15-20)36-2/h4-15H,3,16H2,1-2H3,(H,29,31)/b24-13+. The number of thiocarbonyl (C=S) groups is 1. The molecule has 0 saturated carbocycles. The second kappa shape index (κ2) is 12.5. The number of nitrogens with zero attached hydrogens (tertiary/aromatic N) is 1. The lowest BCUT2D eigenvalue weighted by Gasteiger charge is -2.15. The van der Waals surface area contributed by atoms with E-state index in [-0.39, 0.29) is 18.4 Å². The second-order valence-electron chi connectivity index (χ2n) is 7.70. The lowest BCUT2D eigenvalue weighted by atomic mass is 10.1. The normalized spacial score (nSPS) is 14.2. The van der Waals surface area contributed by atoms with E-state index in [2.05, 4.69) is 5.32 Å². The number of thioether (sulfide) groups is 2. The van der Waals surface area contributed by atoms with Gasteiger partial charge in [-0.05, 0) is 73.3 Å². The van der Waals surface area contributed by atoms with Crippen LogP contribution in [0.15, 0.2) is 76.5 Å². The van der Waals surface area contributed by atoms with Crippen LogP contribution in [0, 0.1) is 0 Å². The first-order valence-electron chi connectivity index (χ1n) is 11.2. The van der Waals surface area contributed by atoms with Gasteiger partial charge in [0.25, 0.3) is 11.8 Å². The van der Waals surface area contributed by atoms with Crippen molar-refractivity contribution < 1.29 is 19.1 Å². The van der Waals surface area contributed by atoms with E-state index >= 15 is 0 Å². The summed E-state index contributed by atoms with van der Waals surface area (Å²) in [7, 11) is 0. The average molecular weight is 571 g/mol. The van der Waals surface area contributed by atoms with Crippen LogP contribution in [0.5, 0.6) is 11.5 Å². The first kappa shape index (κ1) is 27.1. The maximum atomic E-state index is 13.2. The van der Waals surface area contributed by atoms with Crippen molar-refractivity contribution >= 4 is 80.9 Å². The van der Waals surface area contributed by atoms with Gasteiger partial charge in [-0.15, -0.1) is 11.8 Å². The molecule has 0 bridgehead atoms. The Morgan fingerprint density at radius 1 is 1.11 bits per heavy atom. The molecule has 1 N–H and O–H groups in total. The minimum Gasteiger partial charge on any atom is -0.490 e. The summed E-state index contributed by atoms with van der Waals surface area (Å²) in [4.78, 5) is 28.6. The number of rotatable bonds is 9. The minimum absolute atomic E-state index is 0.177. The molecule has 0 unspecified atom stereocenters. The molecule has 2 amide bonds. The number of nitrogens with one attached hydrogen (secondary N) is 1. The Morgan fingerprint density at radius 2 is 1.92 bits per heavy atom. The maximum Gasteiger partial charge on any atom is 0.270 e. The molecule has 0 aromatic heterocycles. The summed E-state index contributed by atoms with van der Waals surface area (Å²) < 4.78 is 11.9. The van der Waals surface area contributed by atoms with E-state index in [1.54, 1.807) is 65.2 Å². The highest BCUT2D eigenvalue weighted by molar-refractivity contribution is 8.27. The maximum absolute atomic E-state index is 13.2. The first-order chi connectivity index (χ1) is 17.9. The van der Waals surface area contributed by atoms with Crippen molar-refractivity contribution in [1.29, 1.82) is 0 Å². The highest BCUT2D eigenvalue weighted by Gasteiger charge is 2.33. The number of carbonyl (C=O) groups excluding carboxylic acids is 2. The van der Waals surface area contributed by atoms with Crippen LogP contribution in [0.1, 0.15) is 12.5 Å². The van der Waals surface area contributed by atoms with Crippen LogP contribution in [0.4, 0.5) is 11.4 Å². The van der Waals surface area contributed by atoms with Crippen molar-refractivity contribution in [3.63, 3.8) is 0 Å². The molecular weight excluding hydrogens is 548 g/mol. The Balaban J connectivity index is 1.48. The van der Waals surface area contributed by atoms with Crippen molar-refractivity contribution in [3.8, 4) is 11.5 Å². The van der Waals surface area contributed by atoms with Gasteiger partial charge in [0.15, 0.2) is 22.4 Å². The van der Waals surface area contributed by atoms with Gasteiger partial charge >= 0.3 is 0 Å². The smallest absolute Gasteiger partial charge is 0.270 e. The fraction of sp³-hybridized carbons (Fsp3) is 0.148. The number of amides is 2. The first-order valence-corrected chi connectivity index (χ1v) is 14.1. The van der Waals surface area contributed by atoms with E-state index < -0.39 is 0 Å². The van der Waals surface area contributed by atoms with Gasteiger partial charge in [0.1, 0.15) is 0 Å². The van der Waals surface area contributed by atoms with Gasteiger partial charge in [-0.3, -0.25) is 14.5 Å². The Hall–Kier alpha value is -2.98. The number of hydrogen-bond acceptors (Lipinski definition) is 7. The van der Waals surface area contributed by atoms with Crippen LogP contribution in [0.2, 0.25) is 5.02 Å². The lowest BCUT2D eigenvalue weighted by Crippen LogP contribution is -2.27. The summed E-state index contributed by atoms with van der Waals surface area (Å²) in [6, 6.07) is 19.9. The quantitative estimate of drug-likeness (QED) is 0.171. The van der Waals surface area contributed by atoms with Gasteiger partial charge in [0, 0.05) is 15.6 Å². The number of carbonyl (C=O) groups is 2. The topological polar surface area (TPSA) is 67.9 Å². The number of benzene rings is 3. The molecule has 190 valence electrons. The number of anilines is 2. The molecule has 0 aliphatic carbocycles. The van der Waals surface area contributed by atoms with Crippen molar-refractivity contribution in [2.75, 3.05) is 29.7 Å². The third kappa shape index (κ3) is 6.87. The predicted molar refractivity (Wildman–Crippen MR) is 157 cm³/mol. The molecule has 1 aliphatic rings. The summed E-state index contributed by atoms with van der Waals surface area (Å²) in [6.07, 6.45) is 3.76. The molecule has 1 fully saturated rings. The summed E-state index contributed by atoms with van der Waals surface area (Å²) in [5.74, 6) is 0.379. The monoisotopic (exact) mass is 570 g/mol. The van der Waals surface area contributed by atoms with E-state index in [4.69, 9.17) is 33.3 Å². The van der Waals surface area contributed by atoms with Gasteiger partial charge in [-0.2, -0.15) is 0 Å². The van der Waals surface area contributed by atoms with Crippen LogP contribution in [0.25, 0.3) is 6.08 Å². The zero-order chi connectivity index (χ0) is 26.4. The molecule has 0 radical (unpaired) electrons. The molecule has 0 atom stereocenters. The Bertz CT molecular complexity index is 1380. The van der Waals surface area contributed by atoms with Crippen molar-refractivity contribution in [1.82, 2.24) is 0 Å². The third-order valence-corrected chi connectivity index (χ3v) is 7.40. The van der Waals surface area contributed by atoms with E-state index in [0.29, 0.717) is 38.0 Å². The zero-order valence-electron chi connectivity index (χ0n) is 20.0. The van der Waals surface area contributed by atoms with Crippen LogP contribution in [-0.2, 0) is 9.59 Å². The van der Waals surface area contributed by atoms with Gasteiger partial charge in [0.2, 0.25) is 0 Å². The van der Waals surface area contributed by atoms with Crippen LogP contribution in [0.3, 0.4) is 0 Å². The highest BCUT2D eigenvalue weighted by atomic mass is 35.5. The molecule has 1 saturated heterocycles. The molecular formula is C27H23ClN2O4S3. The van der Waals surface area contributed by atoms with Crippen LogP contribution >= 0.6 is 47.3 Å². The number of halogens is 1. The zero-order valence-corrected chi connectivity index (χ0v) is 23.2. The van der Waals surface area contributed by atoms with E-state index in [0.717, 1.165) is 16.1 Å². The molecule has 1 aliphatic heterocycles. The average Bonchev–Trinajstić information content (AvgIpc) is 3.16. The SMILES string of the molecule is CCOc1cc(/C=C2/SC(=S)N(c3cccc(SC)c3)C2=O)ccc1OCC(=O)Nc1cccc(Cl)c1. The minimum atomic E-state index is -0.331. The van der Waals surface area contributed by atoms with E-state index in [9.17, 15) is 9.59 Å². The molecule has 0 spiro atoms. The summed E-state index contributed by atoms with van der Waals surface area (Å²) in [5, 5.41) is 3.27. The molecule has 37 heavy (non-hydrogen) atoms. The van der Waals surface area contributed by atoms with Crippen LogP contribution < -0.4 is 19.7 Å². The lowest BCUT2D eigenvalue weighted by molar-refractivity contribution is -0.118. The number of ether oxygens (including phenoxy) is 2. The Morgan fingerprint density at radius 3 is 2.68 bits per heavy atom. The Labute approximate surface area is 234 Å². The second-order valence-corrected chi connectivity index (χ2v) is 10.7. The highest BCUT2D eigenvalue weighted by Crippen LogP contribution is 2.38. The van der Waals surface area contributed by atoms with Crippen molar-refractivity contribution in [2.45, 2.75) is 11.8 Å². The predicted octanol–water partition coefficient (Wildman–Crippen LogP) is 6.88. The third-order valence-electron chi connectivity index (χ3n) is 5.14.